The molecule has 0 saturated heterocycles. The number of rotatable bonds is 5. The average molecular weight is 295 g/mol. The van der Waals surface area contributed by atoms with E-state index < -0.39 is 0 Å². The Kier molecular flexibility index (Phi) is 3.73. The number of thiophene rings is 1. The van der Waals surface area contributed by atoms with Gasteiger partial charge >= 0.3 is 0 Å². The number of hydrogen-bond acceptors (Lipinski definition) is 4. The minimum absolute atomic E-state index is 0.0503. The van der Waals surface area contributed by atoms with Crippen LogP contribution in [-0.4, -0.2) is 16.1 Å². The van der Waals surface area contributed by atoms with Crippen molar-refractivity contribution < 1.29 is 5.11 Å². The quantitative estimate of drug-likeness (QED) is 0.917. The molecule has 100 valence electrons. The fourth-order valence-corrected chi connectivity index (χ4v) is 2.93. The van der Waals surface area contributed by atoms with Gasteiger partial charge in [-0.1, -0.05) is 11.6 Å². The molecule has 1 N–H and O–H groups in total. The molecule has 5 heteroatoms. The van der Waals surface area contributed by atoms with Crippen LogP contribution in [0.1, 0.15) is 24.0 Å². The van der Waals surface area contributed by atoms with E-state index in [9.17, 15) is 5.11 Å². The van der Waals surface area contributed by atoms with Crippen molar-refractivity contribution in [2.75, 3.05) is 4.90 Å². The van der Waals surface area contributed by atoms with Gasteiger partial charge in [0.25, 0.3) is 0 Å². The zero-order valence-corrected chi connectivity index (χ0v) is 12.0. The Morgan fingerprint density at radius 2 is 2.32 bits per heavy atom. The second-order valence-corrected chi connectivity index (χ2v) is 5.97. The van der Waals surface area contributed by atoms with Gasteiger partial charge in [0.15, 0.2) is 0 Å². The lowest BCUT2D eigenvalue weighted by atomic mass is 10.2. The van der Waals surface area contributed by atoms with Crippen LogP contribution in [0.15, 0.2) is 29.1 Å². The lowest BCUT2D eigenvalue weighted by Crippen LogP contribution is -2.25. The van der Waals surface area contributed by atoms with E-state index in [0.29, 0.717) is 11.1 Å². The Balaban J connectivity index is 1.87. The second-order valence-electron chi connectivity index (χ2n) is 4.78. The van der Waals surface area contributed by atoms with Crippen LogP contribution in [0.2, 0.25) is 5.02 Å². The smallest absolute Gasteiger partial charge is 0.129 e. The fraction of sp³-hybridized carbons (Fsp3) is 0.357. The third kappa shape index (κ3) is 2.91. The van der Waals surface area contributed by atoms with Crippen LogP contribution in [0.4, 0.5) is 5.82 Å². The maximum Gasteiger partial charge on any atom is 0.129 e. The number of aromatic nitrogens is 1. The van der Waals surface area contributed by atoms with Crippen molar-refractivity contribution in [2.24, 2.45) is 0 Å². The van der Waals surface area contributed by atoms with E-state index in [1.54, 1.807) is 17.5 Å². The van der Waals surface area contributed by atoms with Gasteiger partial charge in [-0.3, -0.25) is 0 Å². The van der Waals surface area contributed by atoms with E-state index in [1.807, 2.05) is 6.07 Å². The van der Waals surface area contributed by atoms with Crippen LogP contribution in [0.5, 0.6) is 0 Å². The summed E-state index contributed by atoms with van der Waals surface area (Å²) in [5, 5.41) is 14.1. The van der Waals surface area contributed by atoms with E-state index in [4.69, 9.17) is 11.6 Å². The largest absolute Gasteiger partial charge is 0.392 e. The molecule has 19 heavy (non-hydrogen) atoms. The van der Waals surface area contributed by atoms with Crippen LogP contribution in [-0.2, 0) is 13.2 Å². The molecule has 3 rings (SSSR count). The van der Waals surface area contributed by atoms with Crippen LogP contribution in [0.25, 0.3) is 0 Å². The highest BCUT2D eigenvalue weighted by atomic mass is 35.5. The van der Waals surface area contributed by atoms with Crippen molar-refractivity contribution >= 4 is 28.8 Å². The average Bonchev–Trinajstić information content (AvgIpc) is 3.14. The molecule has 0 unspecified atom stereocenters. The monoisotopic (exact) mass is 294 g/mol. The highest BCUT2D eigenvalue weighted by molar-refractivity contribution is 7.07. The van der Waals surface area contributed by atoms with Crippen molar-refractivity contribution in [3.63, 3.8) is 0 Å². The Hall–Kier alpha value is -1.10. The predicted molar refractivity (Wildman–Crippen MR) is 78.7 cm³/mol. The molecule has 2 heterocycles. The van der Waals surface area contributed by atoms with E-state index in [-0.39, 0.29) is 6.61 Å². The molecule has 0 spiro atoms. The molecule has 0 amide bonds. The van der Waals surface area contributed by atoms with Crippen molar-refractivity contribution in [3.05, 3.63) is 45.2 Å². The lowest BCUT2D eigenvalue weighted by Gasteiger charge is -2.23. The van der Waals surface area contributed by atoms with Crippen molar-refractivity contribution in [2.45, 2.75) is 32.0 Å². The third-order valence-electron chi connectivity index (χ3n) is 3.31. The standard InChI is InChI=1S/C14H15ClN2OS/c15-13-6-16-14(5-11(13)8-18)17(12-1-2-12)7-10-3-4-19-9-10/h3-6,9,12,18H,1-2,7-8H2. The van der Waals surface area contributed by atoms with Gasteiger partial charge in [0.05, 0.1) is 11.6 Å². The molecule has 2 aromatic heterocycles. The summed E-state index contributed by atoms with van der Waals surface area (Å²) in [6.07, 6.45) is 4.05. The normalized spacial score (nSPS) is 14.6. The molecule has 0 bridgehead atoms. The Morgan fingerprint density at radius 1 is 1.47 bits per heavy atom. The van der Waals surface area contributed by atoms with Gasteiger partial charge in [0.2, 0.25) is 0 Å². The van der Waals surface area contributed by atoms with E-state index in [2.05, 4.69) is 26.7 Å². The number of halogens is 1. The summed E-state index contributed by atoms with van der Waals surface area (Å²) in [6.45, 7) is 0.818. The number of nitrogens with zero attached hydrogens (tertiary/aromatic N) is 2. The van der Waals surface area contributed by atoms with E-state index in [0.717, 1.165) is 17.9 Å². The highest BCUT2D eigenvalue weighted by Crippen LogP contribution is 2.33. The van der Waals surface area contributed by atoms with Crippen LogP contribution in [0, 0.1) is 0 Å². The number of aliphatic hydroxyl groups is 1. The summed E-state index contributed by atoms with van der Waals surface area (Å²) in [5.41, 5.74) is 2.04. The molecule has 0 radical (unpaired) electrons. The molecule has 0 aromatic carbocycles. The molecule has 1 aliphatic carbocycles. The molecule has 1 aliphatic rings. The summed E-state index contributed by atoms with van der Waals surface area (Å²) in [4.78, 5) is 6.72. The first-order valence-electron chi connectivity index (χ1n) is 6.31. The van der Waals surface area contributed by atoms with Gasteiger partial charge in [0, 0.05) is 24.3 Å². The fourth-order valence-electron chi connectivity index (χ4n) is 2.11. The first-order valence-corrected chi connectivity index (χ1v) is 7.63. The van der Waals surface area contributed by atoms with Crippen molar-refractivity contribution in [3.8, 4) is 0 Å². The lowest BCUT2D eigenvalue weighted by molar-refractivity contribution is 0.282. The first kappa shape index (κ1) is 12.9. The number of anilines is 1. The Labute approximate surface area is 121 Å². The van der Waals surface area contributed by atoms with Crippen LogP contribution < -0.4 is 4.90 Å². The van der Waals surface area contributed by atoms with Crippen LogP contribution in [0.3, 0.4) is 0 Å². The first-order chi connectivity index (χ1) is 9.28. The van der Waals surface area contributed by atoms with Crippen LogP contribution >= 0.6 is 22.9 Å². The van der Waals surface area contributed by atoms with Crippen molar-refractivity contribution in [1.29, 1.82) is 0 Å². The molecule has 3 nitrogen and oxygen atoms in total. The van der Waals surface area contributed by atoms with E-state index in [1.165, 1.54) is 18.4 Å². The third-order valence-corrected chi connectivity index (χ3v) is 4.38. The second kappa shape index (κ2) is 5.49. The molecule has 1 fully saturated rings. The minimum atomic E-state index is -0.0503. The molecule has 0 atom stereocenters. The number of hydrogen-bond donors (Lipinski definition) is 1. The zero-order chi connectivity index (χ0) is 13.2. The summed E-state index contributed by atoms with van der Waals surface area (Å²) < 4.78 is 0. The number of pyridine rings is 1. The summed E-state index contributed by atoms with van der Waals surface area (Å²) >= 11 is 7.71. The summed E-state index contributed by atoms with van der Waals surface area (Å²) in [6, 6.07) is 4.61. The van der Waals surface area contributed by atoms with Gasteiger partial charge in [-0.15, -0.1) is 0 Å². The molecular formula is C14H15ClN2OS. The topological polar surface area (TPSA) is 36.4 Å². The van der Waals surface area contributed by atoms with Gasteiger partial charge in [-0.05, 0) is 41.3 Å². The Morgan fingerprint density at radius 3 is 2.95 bits per heavy atom. The SMILES string of the molecule is OCc1cc(N(Cc2ccsc2)C2CC2)ncc1Cl. The molecule has 2 aromatic rings. The molecule has 1 saturated carbocycles. The van der Waals surface area contributed by atoms with Crippen molar-refractivity contribution in [1.82, 2.24) is 4.98 Å². The van der Waals surface area contributed by atoms with Gasteiger partial charge in [0.1, 0.15) is 5.82 Å². The Bertz CT molecular complexity index is 555. The molecular weight excluding hydrogens is 280 g/mol. The highest BCUT2D eigenvalue weighted by Gasteiger charge is 2.30. The van der Waals surface area contributed by atoms with Gasteiger partial charge in [-0.25, -0.2) is 4.98 Å². The predicted octanol–water partition coefficient (Wildman–Crippen LogP) is 3.46. The number of aliphatic hydroxyl groups excluding tert-OH is 1. The van der Waals surface area contributed by atoms with Gasteiger partial charge < -0.3 is 10.0 Å². The van der Waals surface area contributed by atoms with E-state index >= 15 is 0 Å². The zero-order valence-electron chi connectivity index (χ0n) is 10.4. The van der Waals surface area contributed by atoms with Gasteiger partial charge in [-0.2, -0.15) is 11.3 Å². The summed E-state index contributed by atoms with van der Waals surface area (Å²) in [7, 11) is 0. The maximum atomic E-state index is 9.31. The minimum Gasteiger partial charge on any atom is -0.392 e. The summed E-state index contributed by atoms with van der Waals surface area (Å²) in [5.74, 6) is 0.905. The molecule has 0 aliphatic heterocycles. The maximum absolute atomic E-state index is 9.31.